The smallest absolute Gasteiger partial charge is 0.408 e. The highest BCUT2D eigenvalue weighted by molar-refractivity contribution is 7.80. The molecule has 7 nitrogen and oxygen atoms in total. The van der Waals surface area contributed by atoms with E-state index in [1.165, 1.54) is 11.3 Å². The summed E-state index contributed by atoms with van der Waals surface area (Å²) in [7, 11) is 1.60. The number of likely N-dealkylation sites (N-methyl/N-ethyl adjacent to an activating group) is 1. The zero-order valence-corrected chi connectivity index (χ0v) is 21.6. The molecule has 0 heterocycles. The topological polar surface area (TPSA) is 87.7 Å². The van der Waals surface area contributed by atoms with Gasteiger partial charge in [0.2, 0.25) is 11.8 Å². The number of nitrogens with zero attached hydrogens (tertiary/aromatic N) is 1. The SMILES string of the molecule is Cc1cccc(C(C(=O)NC2CCCCC2)N(C)C(=O)C(CS)NC(=O)OC(C)(C)C)c1C. The van der Waals surface area contributed by atoms with Gasteiger partial charge < -0.3 is 20.3 Å². The number of ether oxygens (including phenoxy) is 1. The second-order valence-corrected chi connectivity index (χ2v) is 10.2. The van der Waals surface area contributed by atoms with Gasteiger partial charge in [0.1, 0.15) is 17.7 Å². The maximum absolute atomic E-state index is 13.5. The highest BCUT2D eigenvalue weighted by Gasteiger charge is 2.35. The molecule has 0 aromatic heterocycles. The maximum Gasteiger partial charge on any atom is 0.408 e. The Labute approximate surface area is 203 Å². The number of hydrogen-bond acceptors (Lipinski definition) is 5. The molecule has 3 amide bonds. The van der Waals surface area contributed by atoms with Gasteiger partial charge in [-0.1, -0.05) is 37.5 Å². The molecule has 2 unspecified atom stereocenters. The van der Waals surface area contributed by atoms with Crippen molar-refractivity contribution in [2.24, 2.45) is 0 Å². The van der Waals surface area contributed by atoms with Gasteiger partial charge in [0.15, 0.2) is 0 Å². The molecule has 184 valence electrons. The molecule has 1 fully saturated rings. The van der Waals surface area contributed by atoms with Crippen molar-refractivity contribution in [1.29, 1.82) is 0 Å². The van der Waals surface area contributed by atoms with E-state index < -0.39 is 29.7 Å². The summed E-state index contributed by atoms with van der Waals surface area (Å²) in [5.41, 5.74) is 2.08. The average molecular weight is 478 g/mol. The number of aryl methyl sites for hydroxylation is 1. The fourth-order valence-electron chi connectivity index (χ4n) is 4.13. The molecule has 0 bridgehead atoms. The molecule has 1 aromatic rings. The van der Waals surface area contributed by atoms with Crippen molar-refractivity contribution in [1.82, 2.24) is 15.5 Å². The van der Waals surface area contributed by atoms with Crippen LogP contribution < -0.4 is 10.6 Å². The number of benzene rings is 1. The Morgan fingerprint density at radius 3 is 2.36 bits per heavy atom. The first-order chi connectivity index (χ1) is 15.4. The molecule has 1 aromatic carbocycles. The number of hydrogen-bond donors (Lipinski definition) is 3. The Morgan fingerprint density at radius 1 is 1.15 bits per heavy atom. The molecule has 2 rings (SSSR count). The third kappa shape index (κ3) is 7.66. The first kappa shape index (κ1) is 27.0. The van der Waals surface area contributed by atoms with Crippen molar-refractivity contribution in [3.05, 3.63) is 34.9 Å². The summed E-state index contributed by atoms with van der Waals surface area (Å²) in [6, 6.07) is 4.13. The van der Waals surface area contributed by atoms with Gasteiger partial charge in [-0.2, -0.15) is 12.6 Å². The highest BCUT2D eigenvalue weighted by atomic mass is 32.1. The van der Waals surface area contributed by atoms with E-state index in [2.05, 4.69) is 23.3 Å². The van der Waals surface area contributed by atoms with Crippen molar-refractivity contribution in [3.8, 4) is 0 Å². The summed E-state index contributed by atoms with van der Waals surface area (Å²) < 4.78 is 5.29. The lowest BCUT2D eigenvalue weighted by Crippen LogP contribution is -2.53. The van der Waals surface area contributed by atoms with Crippen LogP contribution >= 0.6 is 12.6 Å². The summed E-state index contributed by atoms with van der Waals surface area (Å²) >= 11 is 4.27. The third-order valence-corrected chi connectivity index (χ3v) is 6.41. The molecule has 0 aliphatic heterocycles. The number of thiol groups is 1. The van der Waals surface area contributed by atoms with Crippen LogP contribution in [0, 0.1) is 13.8 Å². The van der Waals surface area contributed by atoms with E-state index in [4.69, 9.17) is 4.74 Å². The van der Waals surface area contributed by atoms with E-state index in [-0.39, 0.29) is 17.7 Å². The molecule has 2 N–H and O–H groups in total. The monoisotopic (exact) mass is 477 g/mol. The van der Waals surface area contributed by atoms with Crippen molar-refractivity contribution in [2.75, 3.05) is 12.8 Å². The van der Waals surface area contributed by atoms with E-state index in [1.54, 1.807) is 27.8 Å². The Morgan fingerprint density at radius 2 is 1.79 bits per heavy atom. The molecular weight excluding hydrogens is 438 g/mol. The zero-order valence-electron chi connectivity index (χ0n) is 20.7. The first-order valence-corrected chi connectivity index (χ1v) is 12.3. The predicted molar refractivity (Wildman–Crippen MR) is 133 cm³/mol. The van der Waals surface area contributed by atoms with Crippen LogP contribution in [-0.2, 0) is 14.3 Å². The van der Waals surface area contributed by atoms with Crippen LogP contribution in [-0.4, -0.2) is 53.3 Å². The molecule has 0 saturated heterocycles. The Hall–Kier alpha value is -2.22. The second kappa shape index (κ2) is 11.8. The van der Waals surface area contributed by atoms with Gasteiger partial charge in [0.05, 0.1) is 0 Å². The minimum Gasteiger partial charge on any atom is -0.444 e. The molecule has 8 heteroatoms. The zero-order chi connectivity index (χ0) is 24.8. The van der Waals surface area contributed by atoms with Crippen molar-refractivity contribution < 1.29 is 19.1 Å². The largest absolute Gasteiger partial charge is 0.444 e. The van der Waals surface area contributed by atoms with E-state index in [9.17, 15) is 14.4 Å². The molecule has 2 atom stereocenters. The van der Waals surface area contributed by atoms with Gasteiger partial charge in [-0.15, -0.1) is 0 Å². The molecular formula is C25H39N3O4S. The van der Waals surface area contributed by atoms with E-state index in [0.29, 0.717) is 0 Å². The van der Waals surface area contributed by atoms with Gasteiger partial charge in [-0.3, -0.25) is 9.59 Å². The molecule has 0 spiro atoms. The Kier molecular flexibility index (Phi) is 9.64. The van der Waals surface area contributed by atoms with Gasteiger partial charge >= 0.3 is 6.09 Å². The number of carbonyl (C=O) groups is 3. The first-order valence-electron chi connectivity index (χ1n) is 11.7. The van der Waals surface area contributed by atoms with Crippen LogP contribution in [0.15, 0.2) is 18.2 Å². The minimum absolute atomic E-state index is 0.0756. The summed E-state index contributed by atoms with van der Waals surface area (Å²) in [4.78, 5) is 40.6. The second-order valence-electron chi connectivity index (χ2n) is 9.87. The van der Waals surface area contributed by atoms with E-state index >= 15 is 0 Å². The number of carbonyl (C=O) groups excluding carboxylic acids is 3. The summed E-state index contributed by atoms with van der Waals surface area (Å²) in [5.74, 6) is -0.534. The normalized spacial score (nSPS) is 16.5. The minimum atomic E-state index is -0.928. The van der Waals surface area contributed by atoms with Crippen LogP contribution in [0.3, 0.4) is 0 Å². The van der Waals surface area contributed by atoms with Crippen LogP contribution in [0.2, 0.25) is 0 Å². The van der Waals surface area contributed by atoms with Crippen molar-refractivity contribution in [3.63, 3.8) is 0 Å². The molecule has 33 heavy (non-hydrogen) atoms. The number of alkyl carbamates (subject to hydrolysis) is 1. The fourth-order valence-corrected chi connectivity index (χ4v) is 4.38. The fraction of sp³-hybridized carbons (Fsp3) is 0.640. The highest BCUT2D eigenvalue weighted by Crippen LogP contribution is 2.27. The number of amides is 3. The van der Waals surface area contributed by atoms with Crippen LogP contribution in [0.4, 0.5) is 4.79 Å². The maximum atomic E-state index is 13.5. The number of rotatable bonds is 7. The van der Waals surface area contributed by atoms with Crippen LogP contribution in [0.1, 0.15) is 75.6 Å². The van der Waals surface area contributed by atoms with E-state index in [1.807, 2.05) is 32.0 Å². The molecule has 1 saturated carbocycles. The average Bonchev–Trinajstić information content (AvgIpc) is 2.74. The van der Waals surface area contributed by atoms with Crippen LogP contribution in [0.25, 0.3) is 0 Å². The third-order valence-electron chi connectivity index (χ3n) is 6.05. The predicted octanol–water partition coefficient (Wildman–Crippen LogP) is 4.07. The Bertz CT molecular complexity index is 847. The van der Waals surface area contributed by atoms with Gasteiger partial charge in [0.25, 0.3) is 0 Å². The van der Waals surface area contributed by atoms with E-state index in [0.717, 1.165) is 42.4 Å². The van der Waals surface area contributed by atoms with Gasteiger partial charge in [-0.25, -0.2) is 4.79 Å². The lowest BCUT2D eigenvalue weighted by molar-refractivity contribution is -0.140. The molecule has 1 aliphatic carbocycles. The summed E-state index contributed by atoms with van der Waals surface area (Å²) in [6.07, 6.45) is 4.57. The Balaban J connectivity index is 2.30. The van der Waals surface area contributed by atoms with Gasteiger partial charge in [-0.05, 0) is 64.2 Å². The summed E-state index contributed by atoms with van der Waals surface area (Å²) in [5, 5.41) is 5.76. The van der Waals surface area contributed by atoms with Crippen molar-refractivity contribution in [2.45, 2.75) is 90.4 Å². The molecule has 0 radical (unpaired) electrons. The molecule has 1 aliphatic rings. The van der Waals surface area contributed by atoms with Gasteiger partial charge in [0, 0.05) is 18.8 Å². The summed E-state index contributed by atoms with van der Waals surface area (Å²) in [6.45, 7) is 9.20. The lowest BCUT2D eigenvalue weighted by atomic mass is 9.93. The number of nitrogens with one attached hydrogen (secondary N) is 2. The van der Waals surface area contributed by atoms with Crippen LogP contribution in [0.5, 0.6) is 0 Å². The lowest BCUT2D eigenvalue weighted by Gasteiger charge is -2.33. The standard InChI is InChI=1S/C25H39N3O4S/c1-16-11-10-14-19(17(16)2)21(22(29)26-18-12-8-7-9-13-18)28(6)23(30)20(15-33)27-24(31)32-25(3,4)5/h10-11,14,18,20-21,33H,7-9,12-13,15H2,1-6H3,(H,26,29)(H,27,31). The quantitative estimate of drug-likeness (QED) is 0.517. The van der Waals surface area contributed by atoms with Crippen molar-refractivity contribution >= 4 is 30.5 Å².